The molecule has 3 heteroatoms. The maximum Gasteiger partial charge on any atom is 0.128 e. The Morgan fingerprint density at radius 3 is 2.38 bits per heavy atom. The Morgan fingerprint density at radius 1 is 1.31 bits per heavy atom. The summed E-state index contributed by atoms with van der Waals surface area (Å²) in [7, 11) is 0. The lowest BCUT2D eigenvalue weighted by Gasteiger charge is -2.31. The number of aliphatic hydroxyl groups is 1. The number of rotatable bonds is 2. The Bertz CT molecular complexity index is 371. The molecule has 0 aliphatic carbocycles. The molecule has 0 spiro atoms. The molecule has 90 valence electrons. The molecule has 0 heterocycles. The monoisotopic (exact) mass is 225 g/mol. The van der Waals surface area contributed by atoms with Crippen molar-refractivity contribution < 1.29 is 9.50 Å². The third-order valence-corrected chi connectivity index (χ3v) is 2.74. The first-order chi connectivity index (χ1) is 7.23. The molecule has 3 N–H and O–H groups in total. The van der Waals surface area contributed by atoms with E-state index in [4.69, 9.17) is 5.73 Å². The van der Waals surface area contributed by atoms with E-state index in [9.17, 15) is 9.50 Å². The Kier molecular flexibility index (Phi) is 3.71. The number of aryl methyl sites for hydroxylation is 1. The van der Waals surface area contributed by atoms with Crippen LogP contribution in [0.2, 0.25) is 0 Å². The molecule has 16 heavy (non-hydrogen) atoms. The zero-order chi connectivity index (χ0) is 12.5. The van der Waals surface area contributed by atoms with Crippen molar-refractivity contribution >= 4 is 0 Å². The van der Waals surface area contributed by atoms with E-state index in [1.165, 1.54) is 6.07 Å². The maximum absolute atomic E-state index is 13.6. The summed E-state index contributed by atoms with van der Waals surface area (Å²) in [6.07, 6.45) is -0.774. The van der Waals surface area contributed by atoms with Crippen LogP contribution < -0.4 is 5.73 Å². The molecule has 0 unspecified atom stereocenters. The van der Waals surface area contributed by atoms with Crippen LogP contribution in [0, 0.1) is 18.2 Å². The van der Waals surface area contributed by atoms with Crippen LogP contribution in [0.4, 0.5) is 4.39 Å². The van der Waals surface area contributed by atoms with Gasteiger partial charge in [0.25, 0.3) is 0 Å². The van der Waals surface area contributed by atoms with Gasteiger partial charge in [-0.1, -0.05) is 38.5 Å². The van der Waals surface area contributed by atoms with Crippen LogP contribution in [0.3, 0.4) is 0 Å². The number of benzene rings is 1. The number of nitrogens with two attached hydrogens (primary N) is 1. The van der Waals surface area contributed by atoms with E-state index in [-0.39, 0.29) is 11.2 Å². The van der Waals surface area contributed by atoms with Crippen molar-refractivity contribution in [3.63, 3.8) is 0 Å². The van der Waals surface area contributed by atoms with Crippen LogP contribution in [-0.2, 0) is 0 Å². The Morgan fingerprint density at radius 2 is 1.88 bits per heavy atom. The van der Waals surface area contributed by atoms with Gasteiger partial charge >= 0.3 is 0 Å². The van der Waals surface area contributed by atoms with Crippen molar-refractivity contribution in [3.8, 4) is 0 Å². The van der Waals surface area contributed by atoms with E-state index in [0.29, 0.717) is 5.56 Å². The molecular formula is C13H20FNO. The van der Waals surface area contributed by atoms with Gasteiger partial charge in [-0.2, -0.15) is 0 Å². The summed E-state index contributed by atoms with van der Waals surface area (Å²) in [5.74, 6) is -0.360. The molecule has 0 saturated heterocycles. The van der Waals surface area contributed by atoms with Crippen molar-refractivity contribution in [3.05, 3.63) is 35.1 Å². The number of hydrogen-bond donors (Lipinski definition) is 2. The van der Waals surface area contributed by atoms with Gasteiger partial charge in [-0.3, -0.25) is 0 Å². The fourth-order valence-electron chi connectivity index (χ4n) is 1.63. The first-order valence-corrected chi connectivity index (χ1v) is 5.43. The highest BCUT2D eigenvalue weighted by Gasteiger charge is 2.30. The molecule has 0 aromatic heterocycles. The van der Waals surface area contributed by atoms with Gasteiger partial charge in [-0.05, 0) is 18.4 Å². The number of aliphatic hydroxyl groups excluding tert-OH is 1. The van der Waals surface area contributed by atoms with E-state index in [0.717, 1.165) is 5.56 Å². The zero-order valence-electron chi connectivity index (χ0n) is 10.3. The predicted octanol–water partition coefficient (Wildman–Crippen LogP) is 2.54. The standard InChI is InChI=1S/C13H20FNO/c1-8-5-6-10(14)9(7-8)11(15)12(16)13(2,3)4/h5-7,11-12,16H,15H2,1-4H3/t11-,12-/m1/s1. The minimum absolute atomic E-state index is 0.360. The SMILES string of the molecule is Cc1ccc(F)c([C@@H](N)[C@@H](O)C(C)(C)C)c1. The largest absolute Gasteiger partial charge is 0.391 e. The molecule has 0 saturated carbocycles. The lowest BCUT2D eigenvalue weighted by atomic mass is 9.82. The second kappa shape index (κ2) is 4.52. The quantitative estimate of drug-likeness (QED) is 0.812. The highest BCUT2D eigenvalue weighted by molar-refractivity contribution is 5.27. The van der Waals surface area contributed by atoms with E-state index in [1.54, 1.807) is 12.1 Å². The van der Waals surface area contributed by atoms with Crippen molar-refractivity contribution in [2.45, 2.75) is 39.8 Å². The summed E-state index contributed by atoms with van der Waals surface area (Å²) in [6.45, 7) is 7.51. The molecule has 2 nitrogen and oxygen atoms in total. The van der Waals surface area contributed by atoms with Crippen molar-refractivity contribution in [2.24, 2.45) is 11.1 Å². The zero-order valence-corrected chi connectivity index (χ0v) is 10.3. The van der Waals surface area contributed by atoms with Crippen molar-refractivity contribution in [1.82, 2.24) is 0 Å². The van der Waals surface area contributed by atoms with Gasteiger partial charge in [0.1, 0.15) is 5.82 Å². The summed E-state index contributed by atoms with van der Waals surface area (Å²) >= 11 is 0. The van der Waals surface area contributed by atoms with Crippen LogP contribution >= 0.6 is 0 Å². The average molecular weight is 225 g/mol. The molecule has 1 aromatic rings. The van der Waals surface area contributed by atoms with E-state index in [1.807, 2.05) is 27.7 Å². The fraction of sp³-hybridized carbons (Fsp3) is 0.538. The minimum atomic E-state index is -0.774. The predicted molar refractivity (Wildman–Crippen MR) is 63.5 cm³/mol. The van der Waals surface area contributed by atoms with Gasteiger partial charge < -0.3 is 10.8 Å². The van der Waals surface area contributed by atoms with Gasteiger partial charge in [0.05, 0.1) is 12.1 Å². The lowest BCUT2D eigenvalue weighted by Crippen LogP contribution is -2.37. The van der Waals surface area contributed by atoms with Crippen LogP contribution in [0.15, 0.2) is 18.2 Å². The van der Waals surface area contributed by atoms with Crippen LogP contribution in [0.5, 0.6) is 0 Å². The minimum Gasteiger partial charge on any atom is -0.391 e. The number of hydrogen-bond acceptors (Lipinski definition) is 2. The molecule has 0 bridgehead atoms. The van der Waals surface area contributed by atoms with Crippen LogP contribution in [0.25, 0.3) is 0 Å². The molecule has 0 aliphatic heterocycles. The molecule has 0 amide bonds. The Hall–Kier alpha value is -0.930. The topological polar surface area (TPSA) is 46.2 Å². The highest BCUT2D eigenvalue weighted by Crippen LogP contribution is 2.29. The molecule has 1 aromatic carbocycles. The summed E-state index contributed by atoms with van der Waals surface area (Å²) in [5.41, 5.74) is 6.85. The average Bonchev–Trinajstić information content (AvgIpc) is 2.18. The van der Waals surface area contributed by atoms with Crippen molar-refractivity contribution in [1.29, 1.82) is 0 Å². The number of halogens is 1. The lowest BCUT2D eigenvalue weighted by molar-refractivity contribution is 0.0391. The first kappa shape index (κ1) is 13.1. The molecule has 0 radical (unpaired) electrons. The molecule has 0 aliphatic rings. The fourth-order valence-corrected chi connectivity index (χ4v) is 1.63. The van der Waals surface area contributed by atoms with E-state index >= 15 is 0 Å². The summed E-state index contributed by atoms with van der Waals surface area (Å²) in [6, 6.07) is 4.07. The van der Waals surface area contributed by atoms with Gasteiger partial charge in [0.15, 0.2) is 0 Å². The third kappa shape index (κ3) is 2.80. The normalized spacial score (nSPS) is 15.9. The van der Waals surface area contributed by atoms with E-state index < -0.39 is 12.1 Å². The molecule has 1 rings (SSSR count). The van der Waals surface area contributed by atoms with Gasteiger partial charge in [-0.15, -0.1) is 0 Å². The second-order valence-corrected chi connectivity index (χ2v) is 5.36. The summed E-state index contributed by atoms with van der Waals surface area (Å²) in [5, 5.41) is 10.0. The summed E-state index contributed by atoms with van der Waals surface area (Å²) < 4.78 is 13.6. The highest BCUT2D eigenvalue weighted by atomic mass is 19.1. The molecular weight excluding hydrogens is 205 g/mol. The molecule has 2 atom stereocenters. The van der Waals surface area contributed by atoms with Crippen LogP contribution in [0.1, 0.15) is 37.9 Å². The van der Waals surface area contributed by atoms with Gasteiger partial charge in [0.2, 0.25) is 0 Å². The van der Waals surface area contributed by atoms with E-state index in [2.05, 4.69) is 0 Å². The molecule has 0 fully saturated rings. The smallest absolute Gasteiger partial charge is 0.128 e. The van der Waals surface area contributed by atoms with Crippen molar-refractivity contribution in [2.75, 3.05) is 0 Å². The second-order valence-electron chi connectivity index (χ2n) is 5.36. The summed E-state index contributed by atoms with van der Waals surface area (Å²) in [4.78, 5) is 0. The first-order valence-electron chi connectivity index (χ1n) is 5.43. The third-order valence-electron chi connectivity index (χ3n) is 2.74. The Labute approximate surface area is 96.3 Å². The van der Waals surface area contributed by atoms with Crippen LogP contribution in [-0.4, -0.2) is 11.2 Å². The van der Waals surface area contributed by atoms with Gasteiger partial charge in [-0.25, -0.2) is 4.39 Å². The Balaban J connectivity index is 3.05. The maximum atomic E-state index is 13.6. The van der Waals surface area contributed by atoms with Gasteiger partial charge in [0, 0.05) is 5.56 Å².